The Labute approximate surface area is 249 Å². The lowest BCUT2D eigenvalue weighted by Gasteiger charge is -2.43. The van der Waals surface area contributed by atoms with E-state index in [1.54, 1.807) is 7.11 Å². The van der Waals surface area contributed by atoms with Gasteiger partial charge in [-0.1, -0.05) is 85.8 Å². The molecule has 224 valence electrons. The van der Waals surface area contributed by atoms with Crippen LogP contribution in [0.4, 0.5) is 4.79 Å². The van der Waals surface area contributed by atoms with Crippen LogP contribution in [-0.2, 0) is 33.9 Å². The minimum atomic E-state index is -0.520. The molecule has 5 atom stereocenters. The standard InChI is InChI=1S/C34H43N3O5/c1-24-31(21-37-18-6-9-30(37)23-40-2)41-33(42-32(24)28-14-12-27(22-38)13-15-28)29-16-10-26(11-17-29)20-36-34(39)35-19-25-7-4-3-5-8-25/h3-5,7-8,10-17,24,30-33,38H,6,9,18-23H2,1-2H3,(H2,35,36,39)/t24-,30+,31+,32+,33+/m1/s1. The third kappa shape index (κ3) is 7.76. The zero-order chi connectivity index (χ0) is 29.3. The summed E-state index contributed by atoms with van der Waals surface area (Å²) in [4.78, 5) is 14.8. The lowest BCUT2D eigenvalue weighted by atomic mass is 9.90. The van der Waals surface area contributed by atoms with E-state index in [-0.39, 0.29) is 30.8 Å². The molecule has 0 aromatic heterocycles. The lowest BCUT2D eigenvalue weighted by molar-refractivity contribution is -0.276. The molecule has 3 N–H and O–H groups in total. The van der Waals surface area contributed by atoms with E-state index < -0.39 is 6.29 Å². The van der Waals surface area contributed by atoms with Crippen molar-refractivity contribution in [3.63, 3.8) is 0 Å². The molecule has 0 spiro atoms. The fourth-order valence-corrected chi connectivity index (χ4v) is 5.89. The van der Waals surface area contributed by atoms with Gasteiger partial charge < -0.3 is 30.0 Å². The first-order valence-electron chi connectivity index (χ1n) is 14.9. The van der Waals surface area contributed by atoms with Crippen LogP contribution >= 0.6 is 0 Å². The molecule has 8 heteroatoms. The Kier molecular flexibility index (Phi) is 10.6. The minimum Gasteiger partial charge on any atom is -0.392 e. The van der Waals surface area contributed by atoms with Crippen molar-refractivity contribution in [1.29, 1.82) is 0 Å². The highest BCUT2D eigenvalue weighted by atomic mass is 16.7. The van der Waals surface area contributed by atoms with E-state index in [9.17, 15) is 9.90 Å². The van der Waals surface area contributed by atoms with Crippen LogP contribution in [0.5, 0.6) is 0 Å². The molecular formula is C34H43N3O5. The highest BCUT2D eigenvalue weighted by molar-refractivity contribution is 5.73. The van der Waals surface area contributed by atoms with Gasteiger partial charge in [0.2, 0.25) is 0 Å². The Hall–Kier alpha value is -3.27. The van der Waals surface area contributed by atoms with Crippen molar-refractivity contribution in [2.45, 2.75) is 64.0 Å². The van der Waals surface area contributed by atoms with Gasteiger partial charge in [0.05, 0.1) is 25.4 Å². The van der Waals surface area contributed by atoms with Crippen molar-refractivity contribution in [2.75, 3.05) is 26.8 Å². The Morgan fingerprint density at radius 2 is 1.55 bits per heavy atom. The van der Waals surface area contributed by atoms with Gasteiger partial charge >= 0.3 is 6.03 Å². The number of hydrogen-bond acceptors (Lipinski definition) is 6. The van der Waals surface area contributed by atoms with Crippen molar-refractivity contribution in [3.05, 3.63) is 107 Å². The maximum absolute atomic E-state index is 12.3. The van der Waals surface area contributed by atoms with E-state index in [0.717, 1.165) is 53.9 Å². The normalized spacial score (nSPS) is 24.4. The van der Waals surface area contributed by atoms with Crippen LogP contribution in [-0.4, -0.2) is 55.0 Å². The van der Waals surface area contributed by atoms with E-state index in [0.29, 0.717) is 19.1 Å². The maximum atomic E-state index is 12.3. The van der Waals surface area contributed by atoms with Gasteiger partial charge in [-0.25, -0.2) is 4.79 Å². The first-order valence-corrected chi connectivity index (χ1v) is 14.9. The van der Waals surface area contributed by atoms with E-state index >= 15 is 0 Å². The van der Waals surface area contributed by atoms with Crippen LogP contribution in [0.1, 0.15) is 60.0 Å². The molecule has 0 bridgehead atoms. The van der Waals surface area contributed by atoms with Gasteiger partial charge in [-0.05, 0) is 41.6 Å². The number of ether oxygens (including phenoxy) is 3. The monoisotopic (exact) mass is 573 g/mol. The SMILES string of the molecule is COC[C@@H]1CCCN1C[C@@H]1O[C@H](c2ccc(CNC(=O)NCc3ccccc3)cc2)O[C@H](c2ccc(CO)cc2)[C@@H]1C. The number of carbonyl (C=O) groups is 1. The molecule has 2 fully saturated rings. The summed E-state index contributed by atoms with van der Waals surface area (Å²) in [5, 5.41) is 15.3. The van der Waals surface area contributed by atoms with Crippen LogP contribution in [0, 0.1) is 5.92 Å². The fraction of sp³-hybridized carbons (Fsp3) is 0.441. The number of carbonyl (C=O) groups excluding carboxylic acids is 1. The molecule has 3 aromatic carbocycles. The molecule has 2 aliphatic heterocycles. The van der Waals surface area contributed by atoms with Crippen LogP contribution < -0.4 is 10.6 Å². The number of aliphatic hydroxyl groups is 1. The summed E-state index contributed by atoms with van der Waals surface area (Å²) in [6, 6.07) is 26.1. The summed E-state index contributed by atoms with van der Waals surface area (Å²) in [6.45, 7) is 5.71. The highest BCUT2D eigenvalue weighted by Gasteiger charge is 2.40. The maximum Gasteiger partial charge on any atom is 0.315 e. The van der Waals surface area contributed by atoms with Crippen molar-refractivity contribution in [2.24, 2.45) is 5.92 Å². The predicted molar refractivity (Wildman–Crippen MR) is 161 cm³/mol. The van der Waals surface area contributed by atoms with Gasteiger partial charge in [0.1, 0.15) is 0 Å². The second kappa shape index (κ2) is 14.8. The summed E-state index contributed by atoms with van der Waals surface area (Å²) in [5.41, 5.74) is 4.94. The molecule has 2 aliphatic rings. The Bertz CT molecular complexity index is 1250. The zero-order valence-electron chi connectivity index (χ0n) is 24.6. The average Bonchev–Trinajstić information content (AvgIpc) is 3.47. The summed E-state index contributed by atoms with van der Waals surface area (Å²) < 4.78 is 18.8. The number of methoxy groups -OCH3 is 1. The largest absolute Gasteiger partial charge is 0.392 e. The number of benzene rings is 3. The van der Waals surface area contributed by atoms with Crippen LogP contribution in [0.15, 0.2) is 78.9 Å². The quantitative estimate of drug-likeness (QED) is 0.296. The van der Waals surface area contributed by atoms with Gasteiger partial charge in [-0.15, -0.1) is 0 Å². The molecule has 0 saturated carbocycles. The van der Waals surface area contributed by atoms with Gasteiger partial charge in [0.25, 0.3) is 0 Å². The molecule has 3 aromatic rings. The van der Waals surface area contributed by atoms with E-state index in [1.807, 2.05) is 78.9 Å². The first-order chi connectivity index (χ1) is 20.5. The number of aliphatic hydroxyl groups excluding tert-OH is 1. The minimum absolute atomic E-state index is 0.0153. The van der Waals surface area contributed by atoms with Crippen LogP contribution in [0.3, 0.4) is 0 Å². The topological polar surface area (TPSA) is 92.3 Å². The van der Waals surface area contributed by atoms with Crippen molar-refractivity contribution >= 4 is 6.03 Å². The molecule has 0 unspecified atom stereocenters. The molecule has 8 nitrogen and oxygen atoms in total. The molecule has 0 radical (unpaired) electrons. The van der Waals surface area contributed by atoms with Gasteiger partial charge in [-0.3, -0.25) is 4.90 Å². The Balaban J connectivity index is 1.25. The summed E-state index contributed by atoms with van der Waals surface area (Å²) in [6.07, 6.45) is 1.60. The number of amides is 2. The second-order valence-corrected chi connectivity index (χ2v) is 11.3. The summed E-state index contributed by atoms with van der Waals surface area (Å²) in [7, 11) is 1.77. The summed E-state index contributed by atoms with van der Waals surface area (Å²) >= 11 is 0. The molecule has 2 amide bonds. The van der Waals surface area contributed by atoms with Gasteiger partial charge in [0, 0.05) is 44.3 Å². The smallest absolute Gasteiger partial charge is 0.315 e. The highest BCUT2D eigenvalue weighted by Crippen LogP contribution is 2.42. The molecule has 2 saturated heterocycles. The number of nitrogens with one attached hydrogen (secondary N) is 2. The number of rotatable bonds is 11. The molecule has 42 heavy (non-hydrogen) atoms. The Morgan fingerprint density at radius 3 is 2.21 bits per heavy atom. The first kappa shape index (κ1) is 30.2. The van der Waals surface area contributed by atoms with E-state index in [1.165, 1.54) is 6.42 Å². The van der Waals surface area contributed by atoms with Crippen LogP contribution in [0.25, 0.3) is 0 Å². The molecule has 0 aliphatic carbocycles. The van der Waals surface area contributed by atoms with Crippen molar-refractivity contribution < 1.29 is 24.1 Å². The van der Waals surface area contributed by atoms with Crippen molar-refractivity contribution in [3.8, 4) is 0 Å². The number of nitrogens with zero attached hydrogens (tertiary/aromatic N) is 1. The average molecular weight is 574 g/mol. The molecular weight excluding hydrogens is 530 g/mol. The van der Waals surface area contributed by atoms with E-state index in [4.69, 9.17) is 14.2 Å². The predicted octanol–water partition coefficient (Wildman–Crippen LogP) is 5.08. The third-order valence-electron chi connectivity index (χ3n) is 8.40. The summed E-state index contributed by atoms with van der Waals surface area (Å²) in [5.74, 6) is 0.128. The third-order valence-corrected chi connectivity index (χ3v) is 8.40. The van der Waals surface area contributed by atoms with E-state index in [2.05, 4.69) is 22.5 Å². The van der Waals surface area contributed by atoms with Crippen LogP contribution in [0.2, 0.25) is 0 Å². The zero-order valence-corrected chi connectivity index (χ0v) is 24.6. The number of urea groups is 1. The van der Waals surface area contributed by atoms with Gasteiger partial charge in [0.15, 0.2) is 6.29 Å². The molecule has 2 heterocycles. The molecule has 5 rings (SSSR count). The van der Waals surface area contributed by atoms with Gasteiger partial charge in [-0.2, -0.15) is 0 Å². The number of hydrogen-bond donors (Lipinski definition) is 3. The number of likely N-dealkylation sites (tertiary alicyclic amines) is 1. The van der Waals surface area contributed by atoms with Crippen molar-refractivity contribution in [1.82, 2.24) is 15.5 Å². The Morgan fingerprint density at radius 1 is 0.905 bits per heavy atom. The lowest BCUT2D eigenvalue weighted by Crippen LogP contribution is -2.46. The second-order valence-electron chi connectivity index (χ2n) is 11.3. The fourth-order valence-electron chi connectivity index (χ4n) is 5.89.